The summed E-state index contributed by atoms with van der Waals surface area (Å²) >= 11 is 0. The molecule has 1 aliphatic rings. The lowest BCUT2D eigenvalue weighted by atomic mass is 10.1. The molecular formula is C27H37Cl2N7O4. The number of carbonyl (C=O) groups is 2. The van der Waals surface area contributed by atoms with Gasteiger partial charge in [-0.05, 0) is 35.7 Å². The average molecular weight is 595 g/mol. The van der Waals surface area contributed by atoms with Crippen molar-refractivity contribution in [2.24, 2.45) is 0 Å². The molecule has 218 valence electrons. The van der Waals surface area contributed by atoms with Crippen molar-refractivity contribution in [3.05, 3.63) is 69.7 Å². The van der Waals surface area contributed by atoms with Gasteiger partial charge in [-0.25, -0.2) is 14.9 Å². The molecule has 2 aromatic carbocycles. The van der Waals surface area contributed by atoms with Crippen molar-refractivity contribution in [2.45, 2.75) is 39.9 Å². The van der Waals surface area contributed by atoms with Crippen LogP contribution in [0.5, 0.6) is 0 Å². The molecule has 2 amide bonds. The molecule has 0 atom stereocenters. The van der Waals surface area contributed by atoms with Gasteiger partial charge >= 0.3 is 5.76 Å². The van der Waals surface area contributed by atoms with Crippen molar-refractivity contribution in [3.8, 4) is 11.5 Å². The van der Waals surface area contributed by atoms with E-state index >= 15 is 0 Å². The molecule has 13 heteroatoms. The molecule has 1 aliphatic heterocycles. The first kappa shape index (κ1) is 32.8. The van der Waals surface area contributed by atoms with E-state index in [0.717, 1.165) is 5.56 Å². The summed E-state index contributed by atoms with van der Waals surface area (Å²) in [5.74, 6) is -0.866. The Labute approximate surface area is 246 Å². The summed E-state index contributed by atoms with van der Waals surface area (Å²) < 4.78 is 5.12. The van der Waals surface area contributed by atoms with Crippen LogP contribution in [-0.4, -0.2) is 71.3 Å². The number of fused-ring (bicyclic) bond motifs is 1. The number of hydrogen-bond donors (Lipinski definition) is 3. The van der Waals surface area contributed by atoms with Crippen molar-refractivity contribution in [1.29, 1.82) is 0 Å². The smallest absolute Gasteiger partial charge is 0.388 e. The van der Waals surface area contributed by atoms with E-state index in [1.807, 2.05) is 44.0 Å². The number of halogens is 2. The second-order valence-electron chi connectivity index (χ2n) is 9.74. The first-order valence-electron chi connectivity index (χ1n) is 12.7. The normalized spacial score (nSPS) is 12.3. The van der Waals surface area contributed by atoms with Crippen LogP contribution in [0, 0.1) is 6.92 Å². The molecule has 40 heavy (non-hydrogen) atoms. The topological polar surface area (TPSA) is 127 Å². The number of hydrogen-bond acceptors (Lipinski definition) is 8. The van der Waals surface area contributed by atoms with Crippen LogP contribution in [0.3, 0.4) is 0 Å². The van der Waals surface area contributed by atoms with Crippen LogP contribution >= 0.6 is 24.8 Å². The molecule has 3 N–H and O–H groups in total. The minimum Gasteiger partial charge on any atom is -0.388 e. The number of benzene rings is 2. The fourth-order valence-corrected chi connectivity index (χ4v) is 4.41. The molecule has 0 fully saturated rings. The highest BCUT2D eigenvalue weighted by molar-refractivity contribution is 5.87. The van der Waals surface area contributed by atoms with Crippen molar-refractivity contribution >= 4 is 42.3 Å². The number of aromatic nitrogens is 2. The highest BCUT2D eigenvalue weighted by atomic mass is 35.5. The van der Waals surface area contributed by atoms with Crippen molar-refractivity contribution in [1.82, 2.24) is 30.8 Å². The SMILES string of the molecule is Cc1ccc(-c2n[nH]c(=O)o2)cc1N(CC(=O)NCCNC(C)C)CC(=O)N(C)N1Cc2ccccc2C1.Cl.Cl. The van der Waals surface area contributed by atoms with Gasteiger partial charge in [0.1, 0.15) is 0 Å². The number of anilines is 1. The van der Waals surface area contributed by atoms with Crippen molar-refractivity contribution < 1.29 is 14.0 Å². The number of nitrogens with one attached hydrogen (secondary N) is 3. The molecule has 0 radical (unpaired) electrons. The molecule has 0 saturated carbocycles. The fourth-order valence-electron chi connectivity index (χ4n) is 4.41. The Balaban J connectivity index is 0.00000280. The molecule has 4 rings (SSSR count). The zero-order valence-corrected chi connectivity index (χ0v) is 24.7. The summed E-state index contributed by atoms with van der Waals surface area (Å²) in [6.07, 6.45) is 0. The van der Waals surface area contributed by atoms with Crippen molar-refractivity contribution in [2.75, 3.05) is 38.1 Å². The lowest BCUT2D eigenvalue weighted by Gasteiger charge is -2.32. The molecule has 0 unspecified atom stereocenters. The van der Waals surface area contributed by atoms with Gasteiger partial charge < -0.3 is 20.0 Å². The molecule has 11 nitrogen and oxygen atoms in total. The van der Waals surface area contributed by atoms with Gasteiger partial charge in [-0.3, -0.25) is 14.6 Å². The summed E-state index contributed by atoms with van der Waals surface area (Å²) in [6, 6.07) is 13.9. The number of aromatic amines is 1. The molecule has 2 heterocycles. The van der Waals surface area contributed by atoms with Crippen LogP contribution in [0.2, 0.25) is 0 Å². The van der Waals surface area contributed by atoms with Crippen molar-refractivity contribution in [3.63, 3.8) is 0 Å². The largest absolute Gasteiger partial charge is 0.434 e. The maximum atomic E-state index is 13.5. The highest BCUT2D eigenvalue weighted by Gasteiger charge is 2.27. The van der Waals surface area contributed by atoms with E-state index in [0.29, 0.717) is 43.5 Å². The number of amides is 2. The second-order valence-corrected chi connectivity index (χ2v) is 9.74. The van der Waals surface area contributed by atoms with Crippen LogP contribution < -0.4 is 21.3 Å². The Kier molecular flexibility index (Phi) is 12.2. The number of aryl methyl sites for hydroxylation is 1. The van der Waals surface area contributed by atoms with Crippen LogP contribution in [0.25, 0.3) is 11.5 Å². The van der Waals surface area contributed by atoms with Gasteiger partial charge in [0.05, 0.1) is 13.1 Å². The minimum absolute atomic E-state index is 0. The van der Waals surface area contributed by atoms with Crippen LogP contribution in [-0.2, 0) is 22.7 Å². The van der Waals surface area contributed by atoms with Gasteiger partial charge in [0.15, 0.2) is 0 Å². The molecular weight excluding hydrogens is 557 g/mol. The third kappa shape index (κ3) is 8.31. The van der Waals surface area contributed by atoms with E-state index in [4.69, 9.17) is 4.42 Å². The lowest BCUT2D eigenvalue weighted by molar-refractivity contribution is -0.145. The van der Waals surface area contributed by atoms with E-state index in [2.05, 4.69) is 33.0 Å². The van der Waals surface area contributed by atoms with E-state index in [9.17, 15) is 14.4 Å². The number of nitrogens with zero attached hydrogens (tertiary/aromatic N) is 4. The fraction of sp³-hybridized carbons (Fsp3) is 0.407. The molecule has 0 spiro atoms. The predicted molar refractivity (Wildman–Crippen MR) is 159 cm³/mol. The quantitative estimate of drug-likeness (QED) is 0.289. The number of rotatable bonds is 11. The molecule has 1 aromatic heterocycles. The predicted octanol–water partition coefficient (Wildman–Crippen LogP) is 2.49. The van der Waals surface area contributed by atoms with Gasteiger partial charge in [-0.15, -0.1) is 29.9 Å². The molecule has 0 bridgehead atoms. The van der Waals surface area contributed by atoms with Crippen LogP contribution in [0.1, 0.15) is 30.5 Å². The Bertz CT molecular complexity index is 1320. The van der Waals surface area contributed by atoms with E-state index < -0.39 is 5.76 Å². The summed E-state index contributed by atoms with van der Waals surface area (Å²) in [6.45, 7) is 8.37. The third-order valence-electron chi connectivity index (χ3n) is 6.50. The number of hydrazine groups is 1. The van der Waals surface area contributed by atoms with Gasteiger partial charge in [-0.1, -0.05) is 44.2 Å². The van der Waals surface area contributed by atoms with E-state index in [1.165, 1.54) is 11.1 Å². The Morgan fingerprint density at radius 1 is 1.07 bits per heavy atom. The molecule has 0 aliphatic carbocycles. The average Bonchev–Trinajstić information content (AvgIpc) is 3.52. The standard InChI is InChI=1S/C27H35N7O4.2ClH/c1-18(2)28-11-12-29-24(35)16-33(23-13-20(10-9-19(23)3)26-30-31-27(37)38-26)17-25(36)32(4)34-14-21-7-5-6-8-22(21)15-34;;/h5-10,13,18,28H,11-12,14-17H2,1-4H3,(H,29,35)(H,31,37);2*1H. The lowest BCUT2D eigenvalue weighted by Crippen LogP contribution is -2.48. The molecule has 3 aromatic rings. The maximum absolute atomic E-state index is 13.5. The maximum Gasteiger partial charge on any atom is 0.434 e. The summed E-state index contributed by atoms with van der Waals surface area (Å²) in [5, 5.41) is 16.0. The van der Waals surface area contributed by atoms with E-state index in [-0.39, 0.29) is 55.6 Å². The first-order valence-corrected chi connectivity index (χ1v) is 12.7. The van der Waals surface area contributed by atoms with Gasteiger partial charge in [0, 0.05) is 50.5 Å². The van der Waals surface area contributed by atoms with E-state index in [1.54, 1.807) is 29.1 Å². The number of likely N-dealkylation sites (N-methyl/N-ethyl adjacent to an activating group) is 1. The first-order chi connectivity index (χ1) is 18.2. The van der Waals surface area contributed by atoms with Crippen LogP contribution in [0.15, 0.2) is 51.7 Å². The summed E-state index contributed by atoms with van der Waals surface area (Å²) in [4.78, 5) is 39.6. The summed E-state index contributed by atoms with van der Waals surface area (Å²) in [5.41, 5.74) is 4.50. The Morgan fingerprint density at radius 2 is 1.75 bits per heavy atom. The van der Waals surface area contributed by atoms with Gasteiger partial charge in [0.2, 0.25) is 11.8 Å². The Hall–Kier alpha value is -3.38. The zero-order chi connectivity index (χ0) is 27.2. The highest BCUT2D eigenvalue weighted by Crippen LogP contribution is 2.27. The monoisotopic (exact) mass is 593 g/mol. The second kappa shape index (κ2) is 14.8. The van der Waals surface area contributed by atoms with Gasteiger partial charge in [-0.2, -0.15) is 0 Å². The number of H-pyrrole nitrogens is 1. The van der Waals surface area contributed by atoms with Crippen LogP contribution in [0.4, 0.5) is 5.69 Å². The zero-order valence-electron chi connectivity index (χ0n) is 23.1. The van der Waals surface area contributed by atoms with Gasteiger partial charge in [0.25, 0.3) is 5.91 Å². The molecule has 0 saturated heterocycles. The minimum atomic E-state index is -0.656. The number of carbonyl (C=O) groups excluding carboxylic acids is 2. The third-order valence-corrected chi connectivity index (χ3v) is 6.50. The Morgan fingerprint density at radius 3 is 2.35 bits per heavy atom. The summed E-state index contributed by atoms with van der Waals surface area (Å²) in [7, 11) is 1.76.